The van der Waals surface area contributed by atoms with E-state index in [2.05, 4.69) is 15.2 Å². The zero-order valence-corrected chi connectivity index (χ0v) is 10.5. The lowest BCUT2D eigenvalue weighted by molar-refractivity contribution is -0.144. The number of carboxylic acids is 1. The fourth-order valence-corrected chi connectivity index (χ4v) is 1.67. The number of carbonyl (C=O) groups is 1. The fourth-order valence-electron chi connectivity index (χ4n) is 1.67. The SMILES string of the molecule is O=C(O)CCCCc1nnc2nc(C(F)(F)F)[nH]n2c1=O. The smallest absolute Gasteiger partial charge is 0.451 e. The number of carboxylic acid groups (broad SMARTS) is 1. The van der Waals surface area contributed by atoms with Crippen LogP contribution in [-0.4, -0.2) is 35.9 Å². The Hall–Kier alpha value is -2.46. The van der Waals surface area contributed by atoms with Crippen molar-refractivity contribution in [3.05, 3.63) is 21.9 Å². The van der Waals surface area contributed by atoms with Gasteiger partial charge < -0.3 is 5.11 Å². The molecule has 2 aromatic heterocycles. The largest absolute Gasteiger partial charge is 0.481 e. The summed E-state index contributed by atoms with van der Waals surface area (Å²) in [5.41, 5.74) is -0.825. The zero-order valence-electron chi connectivity index (χ0n) is 10.5. The van der Waals surface area contributed by atoms with Gasteiger partial charge in [0.1, 0.15) is 5.69 Å². The highest BCUT2D eigenvalue weighted by molar-refractivity contribution is 5.66. The van der Waals surface area contributed by atoms with Gasteiger partial charge in [0.15, 0.2) is 0 Å². The molecule has 0 radical (unpaired) electrons. The molecule has 0 aliphatic carbocycles. The van der Waals surface area contributed by atoms with Gasteiger partial charge in [-0.05, 0) is 19.3 Å². The van der Waals surface area contributed by atoms with E-state index in [1.807, 2.05) is 5.10 Å². The lowest BCUT2D eigenvalue weighted by Crippen LogP contribution is -2.22. The van der Waals surface area contributed by atoms with Crippen molar-refractivity contribution in [1.29, 1.82) is 0 Å². The molecule has 0 aromatic carbocycles. The van der Waals surface area contributed by atoms with Gasteiger partial charge in [-0.25, -0.2) is 0 Å². The first-order valence-electron chi connectivity index (χ1n) is 5.92. The Morgan fingerprint density at radius 2 is 2.00 bits per heavy atom. The number of hydrogen-bond acceptors (Lipinski definition) is 5. The van der Waals surface area contributed by atoms with Crippen LogP contribution in [0.5, 0.6) is 0 Å². The van der Waals surface area contributed by atoms with Crippen molar-refractivity contribution in [3.63, 3.8) is 0 Å². The van der Waals surface area contributed by atoms with Gasteiger partial charge in [0.05, 0.1) is 0 Å². The summed E-state index contributed by atoms with van der Waals surface area (Å²) < 4.78 is 38.0. The fraction of sp³-hybridized carbons (Fsp3) is 0.500. The Labute approximate surface area is 114 Å². The first-order chi connectivity index (χ1) is 9.79. The van der Waals surface area contributed by atoms with Gasteiger partial charge in [0.25, 0.3) is 11.3 Å². The maximum Gasteiger partial charge on any atom is 0.451 e. The van der Waals surface area contributed by atoms with Crippen LogP contribution in [0.1, 0.15) is 30.8 Å². The molecule has 2 aromatic rings. The minimum absolute atomic E-state index is 0.0461. The van der Waals surface area contributed by atoms with Gasteiger partial charge in [-0.2, -0.15) is 22.7 Å². The molecule has 0 bridgehead atoms. The number of alkyl halides is 3. The standard InChI is InChI=1S/C10H10F3N5O3/c11-10(12,13)8-14-9-16-15-5(7(21)18(9)17-8)3-1-2-4-6(19)20/h1-4H2,(H,19,20)(H,14,16,17). The molecule has 2 N–H and O–H groups in total. The van der Waals surface area contributed by atoms with Gasteiger partial charge in [0.2, 0.25) is 5.82 Å². The van der Waals surface area contributed by atoms with Crippen molar-refractivity contribution in [1.82, 2.24) is 24.8 Å². The van der Waals surface area contributed by atoms with Crippen LogP contribution in [0.15, 0.2) is 4.79 Å². The van der Waals surface area contributed by atoms with Crippen LogP contribution >= 0.6 is 0 Å². The monoisotopic (exact) mass is 305 g/mol. The van der Waals surface area contributed by atoms with E-state index >= 15 is 0 Å². The highest BCUT2D eigenvalue weighted by Crippen LogP contribution is 2.25. The second-order valence-electron chi connectivity index (χ2n) is 4.26. The molecule has 0 saturated carbocycles. The number of aryl methyl sites for hydroxylation is 1. The van der Waals surface area contributed by atoms with Gasteiger partial charge in [-0.1, -0.05) is 0 Å². The molecule has 21 heavy (non-hydrogen) atoms. The molecule has 0 saturated heterocycles. The summed E-state index contributed by atoms with van der Waals surface area (Å²) in [4.78, 5) is 25.4. The number of hydrogen-bond donors (Lipinski definition) is 2. The molecule has 0 amide bonds. The minimum Gasteiger partial charge on any atom is -0.481 e. The Morgan fingerprint density at radius 3 is 2.62 bits per heavy atom. The number of aromatic amines is 1. The van der Waals surface area contributed by atoms with Gasteiger partial charge in [0, 0.05) is 6.42 Å². The second kappa shape index (κ2) is 5.50. The summed E-state index contributed by atoms with van der Waals surface area (Å²) >= 11 is 0. The summed E-state index contributed by atoms with van der Waals surface area (Å²) in [5, 5.41) is 17.3. The number of nitrogens with one attached hydrogen (secondary N) is 1. The highest BCUT2D eigenvalue weighted by atomic mass is 19.4. The third kappa shape index (κ3) is 3.35. The lowest BCUT2D eigenvalue weighted by Gasteiger charge is -1.99. The first-order valence-corrected chi connectivity index (χ1v) is 5.92. The first kappa shape index (κ1) is 14.9. The summed E-state index contributed by atoms with van der Waals surface area (Å²) in [6, 6.07) is 0. The maximum absolute atomic E-state index is 12.5. The van der Waals surface area contributed by atoms with E-state index in [4.69, 9.17) is 5.11 Å². The van der Waals surface area contributed by atoms with Crippen LogP contribution in [0.3, 0.4) is 0 Å². The Balaban J connectivity index is 2.21. The molecule has 114 valence electrons. The number of H-pyrrole nitrogens is 1. The molecule has 0 fully saturated rings. The number of fused-ring (bicyclic) bond motifs is 1. The summed E-state index contributed by atoms with van der Waals surface area (Å²) in [6.45, 7) is 0. The second-order valence-corrected chi connectivity index (χ2v) is 4.26. The van der Waals surface area contributed by atoms with Crippen LogP contribution in [0.25, 0.3) is 5.78 Å². The number of aliphatic carboxylic acids is 1. The molecule has 11 heteroatoms. The Kier molecular flexibility index (Phi) is 3.91. The van der Waals surface area contributed by atoms with Crippen molar-refractivity contribution in [2.75, 3.05) is 0 Å². The highest BCUT2D eigenvalue weighted by Gasteiger charge is 2.35. The van der Waals surface area contributed by atoms with E-state index in [-0.39, 0.29) is 18.5 Å². The van der Waals surface area contributed by atoms with E-state index < -0.39 is 29.3 Å². The number of aromatic nitrogens is 5. The number of halogens is 3. The number of nitrogens with zero attached hydrogens (tertiary/aromatic N) is 4. The van der Waals surface area contributed by atoms with E-state index in [0.717, 1.165) is 0 Å². The zero-order chi connectivity index (χ0) is 15.6. The third-order valence-corrected chi connectivity index (χ3v) is 2.66. The summed E-state index contributed by atoms with van der Waals surface area (Å²) in [7, 11) is 0. The summed E-state index contributed by atoms with van der Waals surface area (Å²) in [5.74, 6) is -2.77. The van der Waals surface area contributed by atoms with Crippen LogP contribution in [0.4, 0.5) is 13.2 Å². The van der Waals surface area contributed by atoms with Gasteiger partial charge in [-0.3, -0.25) is 14.7 Å². The van der Waals surface area contributed by atoms with Crippen molar-refractivity contribution >= 4 is 11.7 Å². The normalized spacial score (nSPS) is 12.0. The quantitative estimate of drug-likeness (QED) is 0.783. The van der Waals surface area contributed by atoms with E-state index in [1.165, 1.54) is 0 Å². The summed E-state index contributed by atoms with van der Waals surface area (Å²) in [6.07, 6.45) is -3.96. The maximum atomic E-state index is 12.5. The molecule has 2 heterocycles. The topological polar surface area (TPSA) is 113 Å². The van der Waals surface area contributed by atoms with Crippen LogP contribution < -0.4 is 5.56 Å². The molecular weight excluding hydrogens is 295 g/mol. The average molecular weight is 305 g/mol. The van der Waals surface area contributed by atoms with E-state index in [1.54, 1.807) is 0 Å². The Morgan fingerprint density at radius 1 is 1.29 bits per heavy atom. The molecule has 0 aliphatic rings. The lowest BCUT2D eigenvalue weighted by atomic mass is 10.1. The van der Waals surface area contributed by atoms with Crippen LogP contribution in [-0.2, 0) is 17.4 Å². The third-order valence-electron chi connectivity index (χ3n) is 2.66. The van der Waals surface area contributed by atoms with Gasteiger partial charge in [-0.15, -0.1) is 10.2 Å². The molecule has 2 rings (SSSR count). The molecule has 0 unspecified atom stereocenters. The van der Waals surface area contributed by atoms with Crippen molar-refractivity contribution < 1.29 is 23.1 Å². The number of rotatable bonds is 5. The molecular formula is C10H10F3N5O3. The predicted molar refractivity (Wildman–Crippen MR) is 61.6 cm³/mol. The molecule has 8 nitrogen and oxygen atoms in total. The van der Waals surface area contributed by atoms with Crippen molar-refractivity contribution in [3.8, 4) is 0 Å². The van der Waals surface area contributed by atoms with Gasteiger partial charge >= 0.3 is 12.1 Å². The average Bonchev–Trinajstić information content (AvgIpc) is 2.81. The van der Waals surface area contributed by atoms with E-state index in [0.29, 0.717) is 17.4 Å². The van der Waals surface area contributed by atoms with Crippen molar-refractivity contribution in [2.45, 2.75) is 31.9 Å². The van der Waals surface area contributed by atoms with Crippen LogP contribution in [0.2, 0.25) is 0 Å². The predicted octanol–water partition coefficient (Wildman–Crippen LogP) is 0.629. The molecule has 0 aliphatic heterocycles. The Bertz CT molecular complexity index is 721. The number of unbranched alkanes of at least 4 members (excludes halogenated alkanes) is 1. The van der Waals surface area contributed by atoms with Crippen molar-refractivity contribution in [2.24, 2.45) is 0 Å². The molecule has 0 atom stereocenters. The minimum atomic E-state index is -4.72. The molecule has 0 spiro atoms. The van der Waals surface area contributed by atoms with Crippen LogP contribution in [0, 0.1) is 0 Å². The van der Waals surface area contributed by atoms with E-state index in [9.17, 15) is 22.8 Å².